The van der Waals surface area contributed by atoms with Gasteiger partial charge in [-0.05, 0) is 49.2 Å². The molecule has 0 unspecified atom stereocenters. The first kappa shape index (κ1) is 14.7. The van der Waals surface area contributed by atoms with E-state index in [1.165, 1.54) is 0 Å². The molecule has 0 spiro atoms. The van der Waals surface area contributed by atoms with Crippen LogP contribution >= 0.6 is 23.2 Å². The fourth-order valence-electron chi connectivity index (χ4n) is 1.88. The van der Waals surface area contributed by atoms with Crippen LogP contribution in [0.3, 0.4) is 0 Å². The van der Waals surface area contributed by atoms with Gasteiger partial charge in [-0.25, -0.2) is 0 Å². The maximum Gasteiger partial charge on any atom is 0.255 e. The van der Waals surface area contributed by atoms with Crippen molar-refractivity contribution in [3.05, 3.63) is 57.1 Å². The van der Waals surface area contributed by atoms with Gasteiger partial charge in [-0.1, -0.05) is 29.3 Å². The predicted molar refractivity (Wildman–Crippen MR) is 84.7 cm³/mol. The molecule has 0 atom stereocenters. The van der Waals surface area contributed by atoms with Crippen molar-refractivity contribution >= 4 is 40.5 Å². The second-order valence-electron chi connectivity index (χ2n) is 4.56. The molecule has 0 bridgehead atoms. The van der Waals surface area contributed by atoms with Gasteiger partial charge in [0.05, 0.1) is 10.7 Å². The number of aryl methyl sites for hydroxylation is 1. The summed E-state index contributed by atoms with van der Waals surface area (Å²) in [5, 5.41) is 3.80. The summed E-state index contributed by atoms with van der Waals surface area (Å²) in [6.45, 7) is 3.66. The highest BCUT2D eigenvalue weighted by atomic mass is 35.5. The van der Waals surface area contributed by atoms with Gasteiger partial charge in [-0.15, -0.1) is 0 Å². The monoisotopic (exact) mass is 308 g/mol. The number of nitrogen functional groups attached to an aromatic ring is 1. The molecule has 0 aromatic heterocycles. The van der Waals surface area contributed by atoms with Gasteiger partial charge in [-0.3, -0.25) is 4.79 Å². The number of amides is 1. The van der Waals surface area contributed by atoms with Crippen LogP contribution in [0.25, 0.3) is 0 Å². The van der Waals surface area contributed by atoms with E-state index in [4.69, 9.17) is 28.9 Å². The summed E-state index contributed by atoms with van der Waals surface area (Å²) in [7, 11) is 0. The summed E-state index contributed by atoms with van der Waals surface area (Å²) in [6.07, 6.45) is 0. The van der Waals surface area contributed by atoms with Crippen LogP contribution in [0.4, 0.5) is 11.4 Å². The van der Waals surface area contributed by atoms with Crippen molar-refractivity contribution in [1.29, 1.82) is 0 Å². The summed E-state index contributed by atoms with van der Waals surface area (Å²) in [5.41, 5.74) is 8.95. The Hall–Kier alpha value is -1.71. The molecule has 0 aliphatic rings. The van der Waals surface area contributed by atoms with Crippen LogP contribution in [0, 0.1) is 13.8 Å². The van der Waals surface area contributed by atoms with Crippen LogP contribution in [0.15, 0.2) is 30.3 Å². The van der Waals surface area contributed by atoms with E-state index in [2.05, 4.69) is 5.32 Å². The molecule has 3 nitrogen and oxygen atoms in total. The summed E-state index contributed by atoms with van der Waals surface area (Å²) < 4.78 is 0. The number of benzene rings is 2. The number of rotatable bonds is 2. The molecule has 5 heteroatoms. The molecule has 0 saturated heterocycles. The number of nitrogens with two attached hydrogens (primary N) is 1. The lowest BCUT2D eigenvalue weighted by atomic mass is 10.1. The lowest BCUT2D eigenvalue weighted by molar-refractivity contribution is 0.102. The van der Waals surface area contributed by atoms with E-state index >= 15 is 0 Å². The molecule has 2 aromatic carbocycles. The summed E-state index contributed by atoms with van der Waals surface area (Å²) >= 11 is 12.0. The first-order valence-electron chi connectivity index (χ1n) is 6.02. The van der Waals surface area contributed by atoms with E-state index < -0.39 is 0 Å². The second-order valence-corrected chi connectivity index (χ2v) is 5.37. The molecule has 2 rings (SSSR count). The normalized spacial score (nSPS) is 10.4. The number of carbonyl (C=O) groups is 1. The van der Waals surface area contributed by atoms with Gasteiger partial charge in [-0.2, -0.15) is 0 Å². The van der Waals surface area contributed by atoms with Crippen LogP contribution < -0.4 is 11.1 Å². The van der Waals surface area contributed by atoms with Crippen molar-refractivity contribution < 1.29 is 4.79 Å². The van der Waals surface area contributed by atoms with E-state index in [1.807, 2.05) is 6.92 Å². The smallest absolute Gasteiger partial charge is 0.255 e. The highest BCUT2D eigenvalue weighted by molar-refractivity contribution is 6.33. The molecular weight excluding hydrogens is 295 g/mol. The number of nitrogens with one attached hydrogen (secondary N) is 1. The third kappa shape index (κ3) is 2.89. The van der Waals surface area contributed by atoms with Gasteiger partial charge in [0.15, 0.2) is 0 Å². The van der Waals surface area contributed by atoms with Crippen LogP contribution in [0.1, 0.15) is 21.5 Å². The van der Waals surface area contributed by atoms with Gasteiger partial charge >= 0.3 is 0 Å². The first-order chi connectivity index (χ1) is 9.40. The van der Waals surface area contributed by atoms with Gasteiger partial charge in [0, 0.05) is 16.3 Å². The second kappa shape index (κ2) is 5.73. The van der Waals surface area contributed by atoms with E-state index in [9.17, 15) is 4.79 Å². The zero-order valence-corrected chi connectivity index (χ0v) is 12.6. The Kier molecular flexibility index (Phi) is 4.21. The van der Waals surface area contributed by atoms with E-state index in [1.54, 1.807) is 37.3 Å². The van der Waals surface area contributed by atoms with Crippen molar-refractivity contribution in [2.24, 2.45) is 0 Å². The predicted octanol–water partition coefficient (Wildman–Crippen LogP) is 4.44. The SMILES string of the molecule is Cc1cc(N)c(Cl)cc1NC(=O)c1cccc(Cl)c1C. The van der Waals surface area contributed by atoms with Crippen LogP contribution in [0.5, 0.6) is 0 Å². The highest BCUT2D eigenvalue weighted by Crippen LogP contribution is 2.27. The van der Waals surface area contributed by atoms with Crippen molar-refractivity contribution in [2.45, 2.75) is 13.8 Å². The molecule has 0 radical (unpaired) electrons. The quantitative estimate of drug-likeness (QED) is 0.806. The Morgan fingerprint density at radius 2 is 1.85 bits per heavy atom. The van der Waals surface area contributed by atoms with Gasteiger partial charge in [0.1, 0.15) is 0 Å². The lowest BCUT2D eigenvalue weighted by Crippen LogP contribution is -2.14. The number of halogens is 2. The highest BCUT2D eigenvalue weighted by Gasteiger charge is 2.13. The molecule has 104 valence electrons. The lowest BCUT2D eigenvalue weighted by Gasteiger charge is -2.12. The molecule has 3 N–H and O–H groups in total. The first-order valence-corrected chi connectivity index (χ1v) is 6.78. The van der Waals surface area contributed by atoms with E-state index in [0.29, 0.717) is 27.0 Å². The van der Waals surface area contributed by atoms with Crippen LogP contribution in [0.2, 0.25) is 10.0 Å². The molecular formula is C15H14Cl2N2O. The van der Waals surface area contributed by atoms with Gasteiger partial charge in [0.2, 0.25) is 0 Å². The number of carbonyl (C=O) groups excluding carboxylic acids is 1. The maximum atomic E-state index is 12.3. The number of hydrogen-bond acceptors (Lipinski definition) is 2. The van der Waals surface area contributed by atoms with E-state index in [0.717, 1.165) is 11.1 Å². The molecule has 2 aromatic rings. The molecule has 0 saturated carbocycles. The summed E-state index contributed by atoms with van der Waals surface area (Å²) in [5.74, 6) is -0.228. The Bertz CT molecular complexity index is 684. The molecule has 0 aliphatic carbocycles. The Labute approximate surface area is 127 Å². The number of anilines is 2. The van der Waals surface area contributed by atoms with Crippen molar-refractivity contribution in [2.75, 3.05) is 11.1 Å². The standard InChI is InChI=1S/C15H14Cl2N2O/c1-8-6-13(18)12(17)7-14(8)19-15(20)10-4-3-5-11(16)9(10)2/h3-7H,18H2,1-2H3,(H,19,20). The molecule has 0 aliphatic heterocycles. The minimum atomic E-state index is -0.228. The van der Waals surface area contributed by atoms with Gasteiger partial charge in [0.25, 0.3) is 5.91 Å². The van der Waals surface area contributed by atoms with Crippen LogP contribution in [-0.2, 0) is 0 Å². The third-order valence-corrected chi connectivity index (χ3v) is 3.84. The Morgan fingerprint density at radius 3 is 2.55 bits per heavy atom. The fraction of sp³-hybridized carbons (Fsp3) is 0.133. The minimum Gasteiger partial charge on any atom is -0.398 e. The van der Waals surface area contributed by atoms with Crippen molar-refractivity contribution in [1.82, 2.24) is 0 Å². The zero-order valence-electron chi connectivity index (χ0n) is 11.1. The Morgan fingerprint density at radius 1 is 1.15 bits per heavy atom. The molecule has 1 amide bonds. The molecule has 20 heavy (non-hydrogen) atoms. The van der Waals surface area contributed by atoms with Crippen molar-refractivity contribution in [3.8, 4) is 0 Å². The minimum absolute atomic E-state index is 0.228. The average molecular weight is 309 g/mol. The summed E-state index contributed by atoms with van der Waals surface area (Å²) in [6, 6.07) is 8.59. The average Bonchev–Trinajstić information content (AvgIpc) is 2.39. The van der Waals surface area contributed by atoms with Crippen molar-refractivity contribution in [3.63, 3.8) is 0 Å². The molecule has 0 fully saturated rings. The third-order valence-electron chi connectivity index (χ3n) is 3.10. The topological polar surface area (TPSA) is 55.1 Å². The maximum absolute atomic E-state index is 12.3. The van der Waals surface area contributed by atoms with Gasteiger partial charge < -0.3 is 11.1 Å². The fourth-order valence-corrected chi connectivity index (χ4v) is 2.22. The van der Waals surface area contributed by atoms with E-state index in [-0.39, 0.29) is 5.91 Å². The summed E-state index contributed by atoms with van der Waals surface area (Å²) in [4.78, 5) is 12.3. The Balaban J connectivity index is 2.33. The molecule has 0 heterocycles. The number of hydrogen-bond donors (Lipinski definition) is 2. The zero-order chi connectivity index (χ0) is 14.9. The largest absolute Gasteiger partial charge is 0.398 e. The van der Waals surface area contributed by atoms with Crippen LogP contribution in [-0.4, -0.2) is 5.91 Å².